The summed E-state index contributed by atoms with van der Waals surface area (Å²) in [5.74, 6) is 0.258. The van der Waals surface area contributed by atoms with E-state index in [0.717, 1.165) is 21.0 Å². The minimum absolute atomic E-state index is 0.00654. The number of methoxy groups -OCH3 is 1. The number of sulfonamides is 1. The number of carbonyl (C=O) groups excluding carboxylic acids is 2. The third kappa shape index (κ3) is 9.36. The van der Waals surface area contributed by atoms with Gasteiger partial charge in [-0.15, -0.1) is 0 Å². The second-order valence-electron chi connectivity index (χ2n) is 11.5. The molecule has 0 fully saturated rings. The fourth-order valence-corrected chi connectivity index (χ4v) is 6.56. The largest absolute Gasteiger partial charge is 0.497 e. The first-order valence-corrected chi connectivity index (χ1v) is 17.0. The van der Waals surface area contributed by atoms with Gasteiger partial charge in [0.05, 0.1) is 24.3 Å². The van der Waals surface area contributed by atoms with E-state index in [9.17, 15) is 18.0 Å². The monoisotopic (exact) mass is 657 g/mol. The molecular formula is C37H43N3O6S. The van der Waals surface area contributed by atoms with Crippen LogP contribution in [-0.2, 0) is 32.6 Å². The molecule has 0 heterocycles. The Morgan fingerprint density at radius 1 is 0.830 bits per heavy atom. The van der Waals surface area contributed by atoms with Gasteiger partial charge in [0.25, 0.3) is 10.0 Å². The number of benzene rings is 4. The summed E-state index contributed by atoms with van der Waals surface area (Å²) in [5.41, 5.74) is 2.85. The second-order valence-corrected chi connectivity index (χ2v) is 13.4. The van der Waals surface area contributed by atoms with Crippen molar-refractivity contribution in [2.75, 3.05) is 24.6 Å². The highest BCUT2D eigenvalue weighted by Crippen LogP contribution is 2.27. The smallest absolute Gasteiger partial charge is 0.264 e. The molecule has 0 aromatic heterocycles. The zero-order valence-electron chi connectivity index (χ0n) is 27.6. The number of rotatable bonds is 15. The molecular weight excluding hydrogens is 614 g/mol. The zero-order valence-corrected chi connectivity index (χ0v) is 28.4. The first-order chi connectivity index (χ1) is 22.5. The Labute approximate surface area is 278 Å². The quantitative estimate of drug-likeness (QED) is 0.174. The van der Waals surface area contributed by atoms with E-state index in [2.05, 4.69) is 5.32 Å². The lowest BCUT2D eigenvalue weighted by atomic mass is 10.0. The predicted molar refractivity (Wildman–Crippen MR) is 184 cm³/mol. The molecule has 0 aliphatic heterocycles. The molecule has 4 rings (SSSR count). The maximum absolute atomic E-state index is 14.6. The van der Waals surface area contributed by atoms with Crippen molar-refractivity contribution in [1.82, 2.24) is 10.2 Å². The Balaban J connectivity index is 1.80. The standard InChI is InChI=1S/C37H43N3O6S/c1-6-46-32-19-21-34(22-20-32)47(43,44)40(31-17-15-28(4)16-18-31)26-36(41)39(25-30-13-10-14-33(23-30)45-5)35(37(42)38-27(2)3)24-29-11-8-7-9-12-29/h7-23,27,35H,6,24-26H2,1-5H3,(H,38,42)/t35-/m1/s1. The van der Waals surface area contributed by atoms with E-state index < -0.39 is 28.5 Å². The Kier molecular flexibility index (Phi) is 12.0. The third-order valence-electron chi connectivity index (χ3n) is 7.51. The molecule has 0 aliphatic rings. The fourth-order valence-electron chi connectivity index (χ4n) is 5.14. The van der Waals surface area contributed by atoms with Gasteiger partial charge in [0.15, 0.2) is 0 Å². The number of aryl methyl sites for hydroxylation is 1. The van der Waals surface area contributed by atoms with Crippen LogP contribution in [0.5, 0.6) is 11.5 Å². The number of amides is 2. The van der Waals surface area contributed by atoms with Crippen LogP contribution in [-0.4, -0.2) is 57.5 Å². The summed E-state index contributed by atoms with van der Waals surface area (Å²) in [5, 5.41) is 2.97. The number of ether oxygens (including phenoxy) is 2. The molecule has 9 nitrogen and oxygen atoms in total. The van der Waals surface area contributed by atoms with E-state index in [0.29, 0.717) is 23.8 Å². The van der Waals surface area contributed by atoms with Crippen molar-refractivity contribution in [2.45, 2.75) is 57.6 Å². The second kappa shape index (κ2) is 16.1. The Hall–Kier alpha value is -4.83. The summed E-state index contributed by atoms with van der Waals surface area (Å²) in [6.07, 6.45) is 0.227. The summed E-state index contributed by atoms with van der Waals surface area (Å²) in [6.45, 7) is 7.40. The first-order valence-electron chi connectivity index (χ1n) is 15.6. The molecule has 1 N–H and O–H groups in total. The summed E-state index contributed by atoms with van der Waals surface area (Å²) < 4.78 is 40.5. The van der Waals surface area contributed by atoms with Crippen molar-refractivity contribution >= 4 is 27.5 Å². The van der Waals surface area contributed by atoms with Crippen LogP contribution >= 0.6 is 0 Å². The van der Waals surface area contributed by atoms with Gasteiger partial charge in [-0.2, -0.15) is 0 Å². The van der Waals surface area contributed by atoms with E-state index in [1.807, 2.05) is 70.2 Å². The molecule has 2 amide bonds. The number of hydrogen-bond donors (Lipinski definition) is 1. The maximum atomic E-state index is 14.6. The lowest BCUT2D eigenvalue weighted by Gasteiger charge is -2.34. The van der Waals surface area contributed by atoms with Crippen LogP contribution in [0.2, 0.25) is 0 Å². The molecule has 1 atom stereocenters. The van der Waals surface area contributed by atoms with Gasteiger partial charge in [-0.3, -0.25) is 13.9 Å². The average Bonchev–Trinajstić information content (AvgIpc) is 3.06. The van der Waals surface area contributed by atoms with Gasteiger partial charge in [0.2, 0.25) is 11.8 Å². The van der Waals surface area contributed by atoms with Gasteiger partial charge < -0.3 is 19.7 Å². The average molecular weight is 658 g/mol. The van der Waals surface area contributed by atoms with E-state index in [1.165, 1.54) is 17.0 Å². The molecule has 248 valence electrons. The van der Waals surface area contributed by atoms with Crippen LogP contribution in [0.15, 0.2) is 108 Å². The fraction of sp³-hybridized carbons (Fsp3) is 0.297. The van der Waals surface area contributed by atoms with Gasteiger partial charge in [-0.25, -0.2) is 8.42 Å². The van der Waals surface area contributed by atoms with Gasteiger partial charge in [-0.05, 0) is 87.4 Å². The summed E-state index contributed by atoms with van der Waals surface area (Å²) in [4.78, 5) is 29.9. The predicted octanol–water partition coefficient (Wildman–Crippen LogP) is 5.76. The molecule has 0 spiro atoms. The number of carbonyl (C=O) groups is 2. The Morgan fingerprint density at radius 3 is 2.11 bits per heavy atom. The molecule has 0 saturated heterocycles. The molecule has 10 heteroatoms. The zero-order chi connectivity index (χ0) is 34.0. The molecule has 4 aromatic rings. The van der Waals surface area contributed by atoms with Crippen molar-refractivity contribution in [3.8, 4) is 11.5 Å². The SMILES string of the molecule is CCOc1ccc(S(=O)(=O)N(CC(=O)N(Cc2cccc(OC)c2)[C@H](Cc2ccccc2)C(=O)NC(C)C)c2ccc(C)cc2)cc1. The molecule has 0 aliphatic carbocycles. The molecule has 0 unspecified atom stereocenters. The van der Waals surface area contributed by atoms with E-state index in [4.69, 9.17) is 9.47 Å². The van der Waals surface area contributed by atoms with Crippen LogP contribution in [0.4, 0.5) is 5.69 Å². The van der Waals surface area contributed by atoms with Gasteiger partial charge in [-0.1, -0.05) is 60.2 Å². The summed E-state index contributed by atoms with van der Waals surface area (Å²) in [6, 6.07) is 28.6. The van der Waals surface area contributed by atoms with Crippen molar-refractivity contribution in [1.29, 1.82) is 0 Å². The number of anilines is 1. The van der Waals surface area contributed by atoms with Gasteiger partial charge in [0, 0.05) is 19.0 Å². The number of nitrogens with one attached hydrogen (secondary N) is 1. The third-order valence-corrected chi connectivity index (χ3v) is 9.30. The van der Waals surface area contributed by atoms with Crippen molar-refractivity contribution < 1.29 is 27.5 Å². The molecule has 4 aromatic carbocycles. The van der Waals surface area contributed by atoms with E-state index >= 15 is 0 Å². The Morgan fingerprint density at radius 2 is 1.49 bits per heavy atom. The first kappa shape index (κ1) is 35.0. The number of hydrogen-bond acceptors (Lipinski definition) is 6. The minimum Gasteiger partial charge on any atom is -0.497 e. The highest BCUT2D eigenvalue weighted by Gasteiger charge is 2.35. The van der Waals surface area contributed by atoms with Crippen LogP contribution in [0, 0.1) is 6.92 Å². The lowest BCUT2D eigenvalue weighted by Crippen LogP contribution is -2.54. The van der Waals surface area contributed by atoms with Gasteiger partial charge >= 0.3 is 0 Å². The van der Waals surface area contributed by atoms with Crippen LogP contribution in [0.3, 0.4) is 0 Å². The van der Waals surface area contributed by atoms with Crippen LogP contribution < -0.4 is 19.1 Å². The topological polar surface area (TPSA) is 105 Å². The molecule has 0 bridgehead atoms. The van der Waals surface area contributed by atoms with Crippen LogP contribution in [0.25, 0.3) is 0 Å². The Bertz CT molecular complexity index is 1730. The molecule has 0 radical (unpaired) electrons. The summed E-state index contributed by atoms with van der Waals surface area (Å²) >= 11 is 0. The van der Waals surface area contributed by atoms with Crippen molar-refractivity contribution in [3.63, 3.8) is 0 Å². The highest BCUT2D eigenvalue weighted by atomic mass is 32.2. The number of nitrogens with zero attached hydrogens (tertiary/aromatic N) is 2. The van der Waals surface area contributed by atoms with Crippen molar-refractivity contribution in [2.24, 2.45) is 0 Å². The van der Waals surface area contributed by atoms with Crippen molar-refractivity contribution in [3.05, 3.63) is 120 Å². The van der Waals surface area contributed by atoms with Gasteiger partial charge in [0.1, 0.15) is 24.1 Å². The summed E-state index contributed by atoms with van der Waals surface area (Å²) in [7, 11) is -2.67. The van der Waals surface area contributed by atoms with E-state index in [-0.39, 0.29) is 29.8 Å². The molecule has 47 heavy (non-hydrogen) atoms. The maximum Gasteiger partial charge on any atom is 0.264 e. The minimum atomic E-state index is -4.22. The highest BCUT2D eigenvalue weighted by molar-refractivity contribution is 7.92. The lowest BCUT2D eigenvalue weighted by molar-refractivity contribution is -0.140. The van der Waals surface area contributed by atoms with E-state index in [1.54, 1.807) is 55.6 Å². The van der Waals surface area contributed by atoms with Crippen LogP contribution in [0.1, 0.15) is 37.5 Å². The normalized spacial score (nSPS) is 11.9. The molecule has 0 saturated carbocycles.